The molecule has 1 amide bonds. The molecule has 1 aromatic carbocycles. The van der Waals surface area contributed by atoms with Crippen LogP contribution in [0.1, 0.15) is 51.7 Å². The summed E-state index contributed by atoms with van der Waals surface area (Å²) in [5.41, 5.74) is 2.20. The van der Waals surface area contributed by atoms with Crippen LogP contribution in [0, 0.1) is 0 Å². The molecule has 0 radical (unpaired) electrons. The zero-order valence-corrected chi connectivity index (χ0v) is 17.3. The van der Waals surface area contributed by atoms with E-state index in [1.807, 2.05) is 11.8 Å². The van der Waals surface area contributed by atoms with Crippen molar-refractivity contribution in [2.75, 3.05) is 20.1 Å². The molecule has 1 aliphatic heterocycles. The highest BCUT2D eigenvalue weighted by molar-refractivity contribution is 5.80. The minimum absolute atomic E-state index is 0.144. The molecule has 6 nitrogen and oxygen atoms in total. The van der Waals surface area contributed by atoms with Crippen molar-refractivity contribution in [3.8, 4) is 0 Å². The fraction of sp³-hybridized carbons (Fsp3) is 0.619. The molecule has 0 spiro atoms. The zero-order chi connectivity index (χ0) is 19.9. The molecule has 0 aromatic heterocycles. The van der Waals surface area contributed by atoms with E-state index in [2.05, 4.69) is 60.7 Å². The summed E-state index contributed by atoms with van der Waals surface area (Å²) in [5, 5.41) is 6.79. The summed E-state index contributed by atoms with van der Waals surface area (Å²) in [6.07, 6.45) is 1.51. The van der Waals surface area contributed by atoms with Gasteiger partial charge in [0.25, 0.3) is 0 Å². The summed E-state index contributed by atoms with van der Waals surface area (Å²) in [4.78, 5) is 18.0. The molecule has 1 atom stereocenters. The smallest absolute Gasteiger partial charge is 0.222 e. The Bertz CT molecular complexity index is 652. The number of likely N-dealkylation sites (tertiary alicyclic amines) is 1. The Morgan fingerprint density at radius 3 is 2.74 bits per heavy atom. The number of ether oxygens (including phenoxy) is 1. The van der Waals surface area contributed by atoms with Gasteiger partial charge >= 0.3 is 0 Å². The van der Waals surface area contributed by atoms with Gasteiger partial charge in [-0.15, -0.1) is 0 Å². The van der Waals surface area contributed by atoms with Gasteiger partial charge in [-0.25, -0.2) is 0 Å². The van der Waals surface area contributed by atoms with E-state index in [4.69, 9.17) is 4.74 Å². The standard InChI is InChI=1S/C21H34N4O2/c1-6-19(26)25-11-10-18(14-25)24-20(22-5)23-13-16-8-7-9-17(12-16)15-27-21(2,3)4/h7-9,12,18H,6,10-11,13-15H2,1-5H3,(H2,22,23,24). The third-order valence-corrected chi connectivity index (χ3v) is 4.53. The first-order valence-electron chi connectivity index (χ1n) is 9.77. The summed E-state index contributed by atoms with van der Waals surface area (Å²) in [7, 11) is 1.77. The van der Waals surface area contributed by atoms with Gasteiger partial charge in [0.2, 0.25) is 5.91 Å². The maximum absolute atomic E-state index is 11.8. The van der Waals surface area contributed by atoms with E-state index >= 15 is 0 Å². The van der Waals surface area contributed by atoms with Crippen LogP contribution >= 0.6 is 0 Å². The Morgan fingerprint density at radius 2 is 2.07 bits per heavy atom. The number of carbonyl (C=O) groups is 1. The first-order chi connectivity index (χ1) is 12.8. The highest BCUT2D eigenvalue weighted by atomic mass is 16.5. The first kappa shape index (κ1) is 21.2. The van der Waals surface area contributed by atoms with E-state index in [9.17, 15) is 4.79 Å². The van der Waals surface area contributed by atoms with Gasteiger partial charge in [-0.1, -0.05) is 31.2 Å². The predicted octanol–water partition coefficient (Wildman–Crippen LogP) is 2.68. The molecule has 0 aliphatic carbocycles. The van der Waals surface area contributed by atoms with Crippen molar-refractivity contribution < 1.29 is 9.53 Å². The molecule has 6 heteroatoms. The van der Waals surface area contributed by atoms with Crippen molar-refractivity contribution in [1.82, 2.24) is 15.5 Å². The van der Waals surface area contributed by atoms with Gasteiger partial charge in [0.1, 0.15) is 0 Å². The van der Waals surface area contributed by atoms with Crippen molar-refractivity contribution in [2.45, 2.75) is 65.3 Å². The fourth-order valence-corrected chi connectivity index (χ4v) is 3.03. The molecular formula is C21H34N4O2. The number of nitrogens with zero attached hydrogens (tertiary/aromatic N) is 2. The summed E-state index contributed by atoms with van der Waals surface area (Å²) >= 11 is 0. The molecule has 1 aliphatic rings. The minimum Gasteiger partial charge on any atom is -0.371 e. The second-order valence-corrected chi connectivity index (χ2v) is 7.97. The number of nitrogens with one attached hydrogen (secondary N) is 2. The van der Waals surface area contributed by atoms with Gasteiger partial charge in [-0.05, 0) is 38.3 Å². The van der Waals surface area contributed by atoms with Crippen LogP contribution in [-0.2, 0) is 22.7 Å². The van der Waals surface area contributed by atoms with Crippen LogP contribution in [0.15, 0.2) is 29.3 Å². The number of aliphatic imine (C=N–C) groups is 1. The van der Waals surface area contributed by atoms with Gasteiger partial charge < -0.3 is 20.3 Å². The van der Waals surface area contributed by atoms with Crippen LogP contribution in [0.2, 0.25) is 0 Å². The average Bonchev–Trinajstić information content (AvgIpc) is 3.11. The summed E-state index contributed by atoms with van der Waals surface area (Å²) in [6, 6.07) is 8.64. The molecule has 2 N–H and O–H groups in total. The predicted molar refractivity (Wildman–Crippen MR) is 110 cm³/mol. The number of hydrogen-bond acceptors (Lipinski definition) is 3. The van der Waals surface area contributed by atoms with Crippen LogP contribution in [0.3, 0.4) is 0 Å². The van der Waals surface area contributed by atoms with Gasteiger partial charge in [-0.3, -0.25) is 9.79 Å². The van der Waals surface area contributed by atoms with Crippen LogP contribution in [-0.4, -0.2) is 48.5 Å². The lowest BCUT2D eigenvalue weighted by molar-refractivity contribution is -0.129. The Balaban J connectivity index is 1.83. The average molecular weight is 375 g/mol. The monoisotopic (exact) mass is 374 g/mol. The van der Waals surface area contributed by atoms with E-state index in [1.165, 1.54) is 5.56 Å². The molecule has 0 saturated carbocycles. The Labute approximate surface area is 163 Å². The molecule has 1 unspecified atom stereocenters. The Morgan fingerprint density at radius 1 is 1.33 bits per heavy atom. The van der Waals surface area contributed by atoms with E-state index in [1.54, 1.807) is 7.05 Å². The van der Waals surface area contributed by atoms with Crippen molar-refractivity contribution >= 4 is 11.9 Å². The molecule has 1 saturated heterocycles. The normalized spacial score (nSPS) is 17.9. The van der Waals surface area contributed by atoms with E-state index in [0.717, 1.165) is 31.0 Å². The molecule has 0 bridgehead atoms. The summed E-state index contributed by atoms with van der Waals surface area (Å²) in [6.45, 7) is 10.9. The van der Waals surface area contributed by atoms with E-state index < -0.39 is 0 Å². The highest BCUT2D eigenvalue weighted by Crippen LogP contribution is 2.13. The van der Waals surface area contributed by atoms with Crippen molar-refractivity contribution in [1.29, 1.82) is 0 Å². The number of benzene rings is 1. The second kappa shape index (κ2) is 9.74. The van der Waals surface area contributed by atoms with Crippen LogP contribution in [0.5, 0.6) is 0 Å². The lowest BCUT2D eigenvalue weighted by atomic mass is 10.1. The molecule has 1 fully saturated rings. The maximum atomic E-state index is 11.8. The fourth-order valence-electron chi connectivity index (χ4n) is 3.03. The number of hydrogen-bond donors (Lipinski definition) is 2. The third-order valence-electron chi connectivity index (χ3n) is 4.53. The van der Waals surface area contributed by atoms with E-state index in [0.29, 0.717) is 19.6 Å². The van der Waals surface area contributed by atoms with Crippen LogP contribution in [0.25, 0.3) is 0 Å². The molecule has 27 heavy (non-hydrogen) atoms. The minimum atomic E-state index is -0.144. The summed E-state index contributed by atoms with van der Waals surface area (Å²) in [5.74, 6) is 0.985. The largest absolute Gasteiger partial charge is 0.371 e. The number of guanidine groups is 1. The van der Waals surface area contributed by atoms with Crippen molar-refractivity contribution in [3.05, 3.63) is 35.4 Å². The lowest BCUT2D eigenvalue weighted by Gasteiger charge is -2.20. The molecular weight excluding hydrogens is 340 g/mol. The van der Waals surface area contributed by atoms with Crippen molar-refractivity contribution in [2.24, 2.45) is 4.99 Å². The Hall–Kier alpha value is -2.08. The quantitative estimate of drug-likeness (QED) is 0.593. The van der Waals surface area contributed by atoms with Gasteiger partial charge in [-0.2, -0.15) is 0 Å². The lowest BCUT2D eigenvalue weighted by Crippen LogP contribution is -2.44. The topological polar surface area (TPSA) is 66.0 Å². The van der Waals surface area contributed by atoms with Crippen LogP contribution < -0.4 is 10.6 Å². The molecule has 150 valence electrons. The van der Waals surface area contributed by atoms with Gasteiger partial charge in [0, 0.05) is 39.1 Å². The Kier molecular flexibility index (Phi) is 7.66. The van der Waals surface area contributed by atoms with Crippen molar-refractivity contribution in [3.63, 3.8) is 0 Å². The molecule has 2 rings (SSSR count). The SMILES string of the molecule is CCC(=O)N1CCC(NC(=NC)NCc2cccc(COC(C)(C)C)c2)C1. The number of carbonyl (C=O) groups excluding carboxylic acids is 1. The first-order valence-corrected chi connectivity index (χ1v) is 9.77. The van der Waals surface area contributed by atoms with Gasteiger partial charge in [0.15, 0.2) is 5.96 Å². The zero-order valence-electron chi connectivity index (χ0n) is 17.3. The summed E-state index contributed by atoms with van der Waals surface area (Å²) < 4.78 is 5.86. The highest BCUT2D eigenvalue weighted by Gasteiger charge is 2.25. The number of amides is 1. The maximum Gasteiger partial charge on any atom is 0.222 e. The molecule has 1 heterocycles. The number of rotatable bonds is 6. The third kappa shape index (κ3) is 7.21. The van der Waals surface area contributed by atoms with Crippen LogP contribution in [0.4, 0.5) is 0 Å². The molecule has 1 aromatic rings. The van der Waals surface area contributed by atoms with Gasteiger partial charge in [0.05, 0.1) is 12.2 Å². The second-order valence-electron chi connectivity index (χ2n) is 7.97. The van der Waals surface area contributed by atoms with E-state index in [-0.39, 0.29) is 17.6 Å².